The van der Waals surface area contributed by atoms with Gasteiger partial charge in [0.1, 0.15) is 6.54 Å². The predicted octanol–water partition coefficient (Wildman–Crippen LogP) is 2.28. The Balaban J connectivity index is 1.46. The number of nitrogens with one attached hydrogen (secondary N) is 2. The number of rotatable bonds is 4. The number of hydrogen-bond acceptors (Lipinski definition) is 3. The van der Waals surface area contributed by atoms with Crippen molar-refractivity contribution in [3.05, 3.63) is 66.2 Å². The topological polar surface area (TPSA) is 81.8 Å². The van der Waals surface area contributed by atoms with E-state index < -0.39 is 0 Å². The molecule has 0 atom stereocenters. The maximum Gasteiger partial charge on any atom is 0.321 e. The molecule has 1 saturated heterocycles. The van der Waals surface area contributed by atoms with Crippen LogP contribution in [0.4, 0.5) is 16.2 Å². The highest BCUT2D eigenvalue weighted by atomic mass is 16.2. The van der Waals surface area contributed by atoms with Gasteiger partial charge in [-0.1, -0.05) is 30.8 Å². The summed E-state index contributed by atoms with van der Waals surface area (Å²) in [4.78, 5) is 39.7. The molecule has 1 fully saturated rings. The second-order valence-corrected chi connectivity index (χ2v) is 6.37. The van der Waals surface area contributed by atoms with Crippen molar-refractivity contribution in [1.29, 1.82) is 0 Å². The van der Waals surface area contributed by atoms with Crippen LogP contribution in [-0.4, -0.2) is 42.4 Å². The third-order valence-corrected chi connectivity index (χ3v) is 4.64. The molecule has 0 spiro atoms. The zero-order valence-corrected chi connectivity index (χ0v) is 14.6. The van der Waals surface area contributed by atoms with E-state index in [0.29, 0.717) is 35.7 Å². The quantitative estimate of drug-likeness (QED) is 0.875. The minimum atomic E-state index is -0.333. The van der Waals surface area contributed by atoms with Gasteiger partial charge in [-0.3, -0.25) is 19.4 Å². The summed E-state index contributed by atoms with van der Waals surface area (Å²) in [5.74, 6) is -0.562. The van der Waals surface area contributed by atoms with Gasteiger partial charge in [-0.05, 0) is 24.3 Å². The van der Waals surface area contributed by atoms with E-state index in [9.17, 15) is 14.4 Å². The number of anilines is 2. The SMILES string of the molecule is C=C1c2ccccc2C(=O)N1CC(=O)Nc1cccc(N2CCNC2=O)c1. The molecule has 0 unspecified atom stereocenters. The molecule has 7 heteroatoms. The van der Waals surface area contributed by atoms with E-state index in [2.05, 4.69) is 17.2 Å². The number of benzene rings is 2. The van der Waals surface area contributed by atoms with Crippen molar-refractivity contribution in [3.63, 3.8) is 0 Å². The lowest BCUT2D eigenvalue weighted by molar-refractivity contribution is -0.116. The monoisotopic (exact) mass is 362 g/mol. The van der Waals surface area contributed by atoms with E-state index in [1.807, 2.05) is 18.2 Å². The Morgan fingerprint density at radius 1 is 1.11 bits per heavy atom. The Bertz CT molecular complexity index is 934. The second kappa shape index (κ2) is 6.60. The van der Waals surface area contributed by atoms with E-state index >= 15 is 0 Å². The van der Waals surface area contributed by atoms with Gasteiger partial charge in [0, 0.05) is 41.3 Å². The van der Waals surface area contributed by atoms with Crippen molar-refractivity contribution < 1.29 is 14.4 Å². The maximum absolute atomic E-state index is 12.5. The summed E-state index contributed by atoms with van der Waals surface area (Å²) in [5, 5.41) is 5.52. The predicted molar refractivity (Wildman–Crippen MR) is 102 cm³/mol. The standard InChI is InChI=1S/C20H18N4O3/c1-13-16-7-2-3-8-17(16)19(26)24(13)12-18(25)22-14-5-4-6-15(11-14)23-10-9-21-20(23)27/h2-8,11H,1,9-10,12H2,(H,21,27)(H,22,25). The lowest BCUT2D eigenvalue weighted by Crippen LogP contribution is -2.32. The fraction of sp³-hybridized carbons (Fsp3) is 0.150. The number of carbonyl (C=O) groups is 3. The van der Waals surface area contributed by atoms with Crippen LogP contribution in [0, 0.1) is 0 Å². The first kappa shape index (κ1) is 16.8. The van der Waals surface area contributed by atoms with Gasteiger partial charge < -0.3 is 10.6 Å². The summed E-state index contributed by atoms with van der Waals surface area (Å²) in [6.07, 6.45) is 0. The van der Waals surface area contributed by atoms with Crippen LogP contribution in [0.1, 0.15) is 15.9 Å². The average Bonchev–Trinajstić information content (AvgIpc) is 3.20. The molecule has 0 radical (unpaired) electrons. The molecule has 136 valence electrons. The van der Waals surface area contributed by atoms with E-state index in [1.165, 1.54) is 4.90 Å². The molecule has 2 aromatic carbocycles. The molecule has 7 nitrogen and oxygen atoms in total. The molecule has 27 heavy (non-hydrogen) atoms. The summed E-state index contributed by atoms with van der Waals surface area (Å²) < 4.78 is 0. The third-order valence-electron chi connectivity index (χ3n) is 4.64. The van der Waals surface area contributed by atoms with Crippen LogP contribution < -0.4 is 15.5 Å². The second-order valence-electron chi connectivity index (χ2n) is 6.37. The van der Waals surface area contributed by atoms with E-state index in [0.717, 1.165) is 5.56 Å². The molecule has 2 heterocycles. The van der Waals surface area contributed by atoms with Gasteiger partial charge in [0.2, 0.25) is 5.91 Å². The molecular formula is C20H18N4O3. The largest absolute Gasteiger partial charge is 0.336 e. The number of amides is 4. The summed E-state index contributed by atoms with van der Waals surface area (Å²) in [6, 6.07) is 14.1. The first-order valence-electron chi connectivity index (χ1n) is 8.60. The van der Waals surface area contributed by atoms with Gasteiger partial charge in [0.05, 0.1) is 0 Å². The van der Waals surface area contributed by atoms with Crippen LogP contribution in [0.3, 0.4) is 0 Å². The summed E-state index contributed by atoms with van der Waals surface area (Å²) in [5.41, 5.74) is 3.09. The lowest BCUT2D eigenvalue weighted by Gasteiger charge is -2.18. The number of urea groups is 1. The van der Waals surface area contributed by atoms with Gasteiger partial charge in [-0.25, -0.2) is 4.79 Å². The number of hydrogen-bond donors (Lipinski definition) is 2. The first-order valence-corrected chi connectivity index (χ1v) is 8.60. The van der Waals surface area contributed by atoms with E-state index in [1.54, 1.807) is 35.2 Å². The highest BCUT2D eigenvalue weighted by Crippen LogP contribution is 2.31. The highest BCUT2D eigenvalue weighted by Gasteiger charge is 2.31. The molecule has 0 saturated carbocycles. The normalized spacial score (nSPS) is 15.8. The fourth-order valence-corrected chi connectivity index (χ4v) is 3.32. The Morgan fingerprint density at radius 3 is 2.59 bits per heavy atom. The molecule has 0 aromatic heterocycles. The summed E-state index contributed by atoms with van der Waals surface area (Å²) in [6.45, 7) is 4.98. The molecule has 2 aromatic rings. The van der Waals surface area contributed by atoms with Gasteiger partial charge in [0.15, 0.2) is 0 Å². The van der Waals surface area contributed by atoms with Gasteiger partial charge in [-0.2, -0.15) is 0 Å². The van der Waals surface area contributed by atoms with Gasteiger partial charge >= 0.3 is 6.03 Å². The first-order chi connectivity index (χ1) is 13.0. The molecule has 4 rings (SSSR count). The highest BCUT2D eigenvalue weighted by molar-refractivity contribution is 6.11. The third kappa shape index (κ3) is 3.03. The number of nitrogens with zero attached hydrogens (tertiary/aromatic N) is 2. The maximum atomic E-state index is 12.5. The van der Waals surface area contributed by atoms with Crippen LogP contribution in [0.2, 0.25) is 0 Å². The van der Waals surface area contributed by atoms with Crippen LogP contribution in [0.15, 0.2) is 55.1 Å². The van der Waals surface area contributed by atoms with Crippen LogP contribution in [0.5, 0.6) is 0 Å². The molecule has 0 bridgehead atoms. The Labute approximate surface area is 156 Å². The van der Waals surface area contributed by atoms with Crippen LogP contribution >= 0.6 is 0 Å². The molecular weight excluding hydrogens is 344 g/mol. The minimum absolute atomic E-state index is 0.124. The molecule has 2 aliphatic rings. The minimum Gasteiger partial charge on any atom is -0.336 e. The van der Waals surface area contributed by atoms with Crippen molar-refractivity contribution in [2.75, 3.05) is 29.9 Å². The molecule has 2 aliphatic heterocycles. The van der Waals surface area contributed by atoms with Crippen molar-refractivity contribution in [1.82, 2.24) is 10.2 Å². The average molecular weight is 362 g/mol. The van der Waals surface area contributed by atoms with Crippen molar-refractivity contribution >= 4 is 34.9 Å². The van der Waals surface area contributed by atoms with E-state index in [-0.39, 0.29) is 24.4 Å². The Morgan fingerprint density at radius 2 is 1.89 bits per heavy atom. The molecule has 4 amide bonds. The number of carbonyl (C=O) groups excluding carboxylic acids is 3. The van der Waals surface area contributed by atoms with Crippen molar-refractivity contribution in [2.24, 2.45) is 0 Å². The Kier molecular flexibility index (Phi) is 4.12. The fourth-order valence-electron chi connectivity index (χ4n) is 3.32. The molecule has 0 aliphatic carbocycles. The van der Waals surface area contributed by atoms with E-state index in [4.69, 9.17) is 0 Å². The van der Waals surface area contributed by atoms with Crippen molar-refractivity contribution in [3.8, 4) is 0 Å². The zero-order valence-electron chi connectivity index (χ0n) is 14.6. The van der Waals surface area contributed by atoms with Gasteiger partial charge in [0.25, 0.3) is 5.91 Å². The smallest absolute Gasteiger partial charge is 0.321 e. The Hall–Kier alpha value is -3.61. The van der Waals surface area contributed by atoms with Crippen LogP contribution in [-0.2, 0) is 4.79 Å². The number of fused-ring (bicyclic) bond motifs is 1. The lowest BCUT2D eigenvalue weighted by atomic mass is 10.1. The van der Waals surface area contributed by atoms with Gasteiger partial charge in [-0.15, -0.1) is 0 Å². The summed E-state index contributed by atoms with van der Waals surface area (Å²) >= 11 is 0. The zero-order chi connectivity index (χ0) is 19.0. The molecule has 2 N–H and O–H groups in total. The van der Waals surface area contributed by atoms with Crippen molar-refractivity contribution in [2.45, 2.75) is 0 Å². The van der Waals surface area contributed by atoms with Crippen LogP contribution in [0.25, 0.3) is 5.70 Å². The summed E-state index contributed by atoms with van der Waals surface area (Å²) in [7, 11) is 0.